The van der Waals surface area contributed by atoms with Crippen LogP contribution in [0.1, 0.15) is 11.5 Å². The number of nitrogens with one attached hydrogen (secondary N) is 1. The van der Waals surface area contributed by atoms with Gasteiger partial charge >= 0.3 is 6.01 Å². The number of aromatic nitrogens is 2. The molecule has 19 heavy (non-hydrogen) atoms. The molecule has 0 radical (unpaired) electrons. The third-order valence-corrected chi connectivity index (χ3v) is 2.44. The first kappa shape index (κ1) is 13.4. The van der Waals surface area contributed by atoms with Crippen molar-refractivity contribution in [2.24, 2.45) is 5.73 Å². The summed E-state index contributed by atoms with van der Waals surface area (Å²) in [7, 11) is 0. The predicted molar refractivity (Wildman–Crippen MR) is 65.6 cm³/mol. The maximum absolute atomic E-state index is 13.0. The fourth-order valence-corrected chi connectivity index (χ4v) is 1.62. The van der Waals surface area contributed by atoms with Crippen LogP contribution in [0.2, 0.25) is 0 Å². The maximum atomic E-state index is 13.0. The lowest BCUT2D eigenvalue weighted by Gasteiger charge is -2.02. The molecule has 0 aliphatic heterocycles. The molecule has 0 spiro atoms. The van der Waals surface area contributed by atoms with Crippen LogP contribution in [0.25, 0.3) is 0 Å². The topological polar surface area (TPSA) is 77.0 Å². The average molecular weight is 268 g/mol. The van der Waals surface area contributed by atoms with E-state index in [2.05, 4.69) is 15.5 Å². The van der Waals surface area contributed by atoms with Crippen LogP contribution < -0.4 is 11.1 Å². The second kappa shape index (κ2) is 6.24. The standard InChI is InChI=1S/C12H14F2N4O/c13-9-5-8(6-10(14)7-9)2-4-16-12-18-17-11(19-12)1-3-15/h5-7H,1-4,15H2,(H,16,18). The van der Waals surface area contributed by atoms with Crippen molar-refractivity contribution in [2.45, 2.75) is 12.8 Å². The van der Waals surface area contributed by atoms with E-state index in [-0.39, 0.29) is 6.01 Å². The van der Waals surface area contributed by atoms with Crippen LogP contribution in [0.5, 0.6) is 0 Å². The number of benzene rings is 1. The molecule has 102 valence electrons. The second-order valence-electron chi connectivity index (χ2n) is 3.99. The normalized spacial score (nSPS) is 10.7. The third kappa shape index (κ3) is 3.99. The minimum atomic E-state index is -0.585. The summed E-state index contributed by atoms with van der Waals surface area (Å²) in [5.74, 6) is -0.710. The first-order chi connectivity index (χ1) is 9.17. The number of halogens is 2. The molecule has 0 unspecified atom stereocenters. The highest BCUT2D eigenvalue weighted by Gasteiger charge is 2.05. The van der Waals surface area contributed by atoms with Crippen molar-refractivity contribution >= 4 is 6.01 Å². The lowest BCUT2D eigenvalue weighted by atomic mass is 10.1. The number of hydrogen-bond donors (Lipinski definition) is 2. The van der Waals surface area contributed by atoms with E-state index in [1.54, 1.807) is 0 Å². The molecular weight excluding hydrogens is 254 g/mol. The molecular formula is C12H14F2N4O. The molecule has 0 fully saturated rings. The second-order valence-corrected chi connectivity index (χ2v) is 3.99. The van der Waals surface area contributed by atoms with Gasteiger partial charge in [-0.2, -0.15) is 0 Å². The molecule has 1 aromatic heterocycles. The Balaban J connectivity index is 1.85. The van der Waals surface area contributed by atoms with Gasteiger partial charge in [0.1, 0.15) is 11.6 Å². The molecule has 0 amide bonds. The van der Waals surface area contributed by atoms with Gasteiger partial charge in [0.05, 0.1) is 0 Å². The maximum Gasteiger partial charge on any atom is 0.315 e. The Morgan fingerprint density at radius 3 is 2.53 bits per heavy atom. The Morgan fingerprint density at radius 2 is 1.84 bits per heavy atom. The van der Waals surface area contributed by atoms with Gasteiger partial charge in [0.15, 0.2) is 0 Å². The molecule has 7 heteroatoms. The van der Waals surface area contributed by atoms with Gasteiger partial charge in [-0.3, -0.25) is 0 Å². The summed E-state index contributed by atoms with van der Waals surface area (Å²) in [6.45, 7) is 0.872. The van der Waals surface area contributed by atoms with Crippen LogP contribution in [0, 0.1) is 11.6 Å². The van der Waals surface area contributed by atoms with Gasteiger partial charge in [0.25, 0.3) is 0 Å². The van der Waals surface area contributed by atoms with Crippen LogP contribution in [0.3, 0.4) is 0 Å². The highest BCUT2D eigenvalue weighted by Crippen LogP contribution is 2.10. The molecule has 5 nitrogen and oxygen atoms in total. The van der Waals surface area contributed by atoms with Crippen LogP contribution in [-0.4, -0.2) is 23.3 Å². The van der Waals surface area contributed by atoms with Gasteiger partial charge in [-0.05, 0) is 24.1 Å². The van der Waals surface area contributed by atoms with Crippen molar-refractivity contribution < 1.29 is 13.2 Å². The molecule has 0 saturated carbocycles. The zero-order valence-electron chi connectivity index (χ0n) is 10.2. The van der Waals surface area contributed by atoms with Gasteiger partial charge in [-0.15, -0.1) is 5.10 Å². The van der Waals surface area contributed by atoms with E-state index in [9.17, 15) is 8.78 Å². The smallest absolute Gasteiger partial charge is 0.315 e. The fraction of sp³-hybridized carbons (Fsp3) is 0.333. The summed E-state index contributed by atoms with van der Waals surface area (Å²) < 4.78 is 31.2. The van der Waals surface area contributed by atoms with Crippen LogP contribution >= 0.6 is 0 Å². The minimum absolute atomic E-state index is 0.278. The van der Waals surface area contributed by atoms with Crippen molar-refractivity contribution in [3.63, 3.8) is 0 Å². The number of nitrogens with two attached hydrogens (primary N) is 1. The van der Waals surface area contributed by atoms with Gasteiger partial charge in [-0.1, -0.05) is 5.10 Å². The van der Waals surface area contributed by atoms with Crippen LogP contribution in [-0.2, 0) is 12.8 Å². The van der Waals surface area contributed by atoms with Crippen LogP contribution in [0.15, 0.2) is 22.6 Å². The predicted octanol–water partition coefficient (Wildman–Crippen LogP) is 1.50. The van der Waals surface area contributed by atoms with E-state index >= 15 is 0 Å². The van der Waals surface area contributed by atoms with E-state index in [1.807, 2.05) is 0 Å². The zero-order chi connectivity index (χ0) is 13.7. The summed E-state index contributed by atoms with van der Waals surface area (Å²) in [5, 5.41) is 10.4. The molecule has 0 aliphatic rings. The first-order valence-electron chi connectivity index (χ1n) is 5.88. The summed E-state index contributed by atoms with van der Waals surface area (Å²) in [6, 6.07) is 3.70. The number of hydrogen-bond acceptors (Lipinski definition) is 5. The Bertz CT molecular complexity index is 524. The largest absolute Gasteiger partial charge is 0.408 e. The van der Waals surface area contributed by atoms with Crippen molar-refractivity contribution in [1.82, 2.24) is 10.2 Å². The molecule has 0 saturated heterocycles. The highest BCUT2D eigenvalue weighted by atomic mass is 19.1. The molecule has 1 aromatic carbocycles. The third-order valence-electron chi connectivity index (χ3n) is 2.44. The lowest BCUT2D eigenvalue weighted by molar-refractivity contribution is 0.506. The Labute approximate surface area is 108 Å². The van der Waals surface area contributed by atoms with Crippen LogP contribution in [0.4, 0.5) is 14.8 Å². The van der Waals surface area contributed by atoms with E-state index in [4.69, 9.17) is 10.2 Å². The first-order valence-corrected chi connectivity index (χ1v) is 5.88. The molecule has 2 rings (SSSR count). The number of rotatable bonds is 6. The monoisotopic (exact) mass is 268 g/mol. The van der Waals surface area contributed by atoms with Gasteiger partial charge in [-0.25, -0.2) is 8.78 Å². The van der Waals surface area contributed by atoms with E-state index in [1.165, 1.54) is 12.1 Å². The molecule has 2 aromatic rings. The summed E-state index contributed by atoms with van der Waals surface area (Å²) >= 11 is 0. The molecule has 0 atom stereocenters. The van der Waals surface area contributed by atoms with Crippen molar-refractivity contribution in [3.8, 4) is 0 Å². The van der Waals surface area contributed by atoms with Gasteiger partial charge in [0, 0.05) is 25.6 Å². The fourth-order valence-electron chi connectivity index (χ4n) is 1.62. The zero-order valence-corrected chi connectivity index (χ0v) is 10.2. The van der Waals surface area contributed by atoms with Crippen molar-refractivity contribution in [1.29, 1.82) is 0 Å². The number of anilines is 1. The Hall–Kier alpha value is -2.02. The van der Waals surface area contributed by atoms with E-state index < -0.39 is 11.6 Å². The molecule has 3 N–H and O–H groups in total. The molecule has 1 heterocycles. The Kier molecular flexibility index (Phi) is 4.40. The van der Waals surface area contributed by atoms with Gasteiger partial charge < -0.3 is 15.5 Å². The minimum Gasteiger partial charge on any atom is -0.408 e. The summed E-state index contributed by atoms with van der Waals surface area (Å²) in [4.78, 5) is 0. The highest BCUT2D eigenvalue weighted by molar-refractivity contribution is 5.21. The number of nitrogens with zero attached hydrogens (tertiary/aromatic N) is 2. The summed E-state index contributed by atoms with van der Waals surface area (Å²) in [6.07, 6.45) is 0.965. The molecule has 0 aliphatic carbocycles. The van der Waals surface area contributed by atoms with Crippen molar-refractivity contribution in [2.75, 3.05) is 18.4 Å². The van der Waals surface area contributed by atoms with Gasteiger partial charge in [0.2, 0.25) is 5.89 Å². The van der Waals surface area contributed by atoms with E-state index in [0.29, 0.717) is 37.4 Å². The quantitative estimate of drug-likeness (QED) is 0.830. The lowest BCUT2D eigenvalue weighted by Crippen LogP contribution is -2.05. The molecule has 0 bridgehead atoms. The summed E-state index contributed by atoms with van der Waals surface area (Å²) in [5.41, 5.74) is 5.92. The van der Waals surface area contributed by atoms with Crippen molar-refractivity contribution in [3.05, 3.63) is 41.3 Å². The SMILES string of the molecule is NCCc1nnc(NCCc2cc(F)cc(F)c2)o1. The average Bonchev–Trinajstić information content (AvgIpc) is 2.76. The Morgan fingerprint density at radius 1 is 1.11 bits per heavy atom. The van der Waals surface area contributed by atoms with E-state index in [0.717, 1.165) is 6.07 Å².